The van der Waals surface area contributed by atoms with Crippen LogP contribution < -0.4 is 0 Å². The van der Waals surface area contributed by atoms with E-state index in [2.05, 4.69) is 45.6 Å². The number of hydrogen-bond donors (Lipinski definition) is 0. The van der Waals surface area contributed by atoms with Crippen molar-refractivity contribution in [3.05, 3.63) is 52.6 Å². The molecule has 0 N–H and O–H groups in total. The van der Waals surface area contributed by atoms with E-state index in [4.69, 9.17) is 11.6 Å². The zero-order chi connectivity index (χ0) is 14.1. The highest BCUT2D eigenvalue weighted by atomic mass is 35.5. The Kier molecular flexibility index (Phi) is 3.63. The molecule has 0 aliphatic carbocycles. The summed E-state index contributed by atoms with van der Waals surface area (Å²) in [4.78, 5) is 9.74. The van der Waals surface area contributed by atoms with Crippen LogP contribution in [-0.2, 0) is 6.42 Å². The number of nitrogens with zero attached hydrogens (tertiary/aromatic N) is 4. The van der Waals surface area contributed by atoms with E-state index < -0.39 is 0 Å². The third kappa shape index (κ3) is 2.39. The van der Waals surface area contributed by atoms with Crippen LogP contribution in [0.25, 0.3) is 5.78 Å². The molecule has 20 heavy (non-hydrogen) atoms. The number of halogens is 1. The molecule has 0 atom stereocenters. The lowest BCUT2D eigenvalue weighted by Crippen LogP contribution is -2.03. The van der Waals surface area contributed by atoms with E-state index in [1.165, 1.54) is 16.8 Å². The van der Waals surface area contributed by atoms with Crippen LogP contribution in [0.5, 0.6) is 0 Å². The fourth-order valence-electron chi connectivity index (χ4n) is 2.09. The molecule has 2 aromatic heterocycles. The third-order valence-electron chi connectivity index (χ3n) is 3.21. The van der Waals surface area contributed by atoms with Crippen LogP contribution in [0.15, 0.2) is 35.5 Å². The van der Waals surface area contributed by atoms with Gasteiger partial charge in [0.15, 0.2) is 0 Å². The van der Waals surface area contributed by atoms with Crippen LogP contribution in [-0.4, -0.2) is 25.8 Å². The Morgan fingerprint density at radius 2 is 2.00 bits per heavy atom. The average molecular weight is 305 g/mol. The lowest BCUT2D eigenvalue weighted by atomic mass is 10.1. The number of benzene rings is 1. The normalized spacial score (nSPS) is 11.2. The minimum absolute atomic E-state index is 0.536. The fourth-order valence-corrected chi connectivity index (χ4v) is 2.82. The van der Waals surface area contributed by atoms with Crippen molar-refractivity contribution in [2.75, 3.05) is 6.26 Å². The first kappa shape index (κ1) is 13.4. The second-order valence-electron chi connectivity index (χ2n) is 4.46. The smallest absolute Gasteiger partial charge is 0.216 e. The molecule has 0 unspecified atom stereocenters. The summed E-state index contributed by atoms with van der Waals surface area (Å²) >= 11 is 8.15. The molecule has 0 amide bonds. The standard InChI is InChI=1S/C14H13ClN4S/c1-9-12(7-10-3-5-11(20-2)6-4-10)13(15)19-14(18-9)16-8-17-19/h3-6,8H,7H2,1-2H3. The zero-order valence-corrected chi connectivity index (χ0v) is 12.7. The highest BCUT2D eigenvalue weighted by Crippen LogP contribution is 2.23. The maximum Gasteiger partial charge on any atom is 0.253 e. The molecule has 0 fully saturated rings. The minimum atomic E-state index is 0.536. The van der Waals surface area contributed by atoms with Crippen molar-refractivity contribution < 1.29 is 0 Å². The molecule has 2 heterocycles. The van der Waals surface area contributed by atoms with Crippen molar-refractivity contribution in [3.8, 4) is 0 Å². The van der Waals surface area contributed by atoms with Crippen LogP contribution in [0.3, 0.4) is 0 Å². The molecular weight excluding hydrogens is 292 g/mol. The third-order valence-corrected chi connectivity index (χ3v) is 4.34. The van der Waals surface area contributed by atoms with Crippen molar-refractivity contribution in [1.29, 1.82) is 0 Å². The van der Waals surface area contributed by atoms with Gasteiger partial charge < -0.3 is 0 Å². The van der Waals surface area contributed by atoms with E-state index in [1.807, 2.05) is 6.92 Å². The van der Waals surface area contributed by atoms with E-state index in [9.17, 15) is 0 Å². The molecule has 0 saturated heterocycles. The predicted octanol–water partition coefficient (Wildman–Crippen LogP) is 3.40. The second kappa shape index (κ2) is 5.42. The van der Waals surface area contributed by atoms with Crippen LogP contribution in [0.2, 0.25) is 5.15 Å². The largest absolute Gasteiger partial charge is 0.253 e. The van der Waals surface area contributed by atoms with E-state index >= 15 is 0 Å². The first-order valence-corrected chi connectivity index (χ1v) is 7.77. The lowest BCUT2D eigenvalue weighted by molar-refractivity contribution is 0.901. The first-order valence-electron chi connectivity index (χ1n) is 6.16. The Labute approximate surface area is 126 Å². The SMILES string of the molecule is CSc1ccc(Cc2c(C)nc3ncnn3c2Cl)cc1. The van der Waals surface area contributed by atoms with Gasteiger partial charge in [-0.15, -0.1) is 11.8 Å². The van der Waals surface area contributed by atoms with E-state index in [0.717, 1.165) is 17.7 Å². The molecule has 0 spiro atoms. The number of fused-ring (bicyclic) bond motifs is 1. The second-order valence-corrected chi connectivity index (χ2v) is 5.70. The molecule has 3 aromatic rings. The quantitative estimate of drug-likeness (QED) is 0.549. The van der Waals surface area contributed by atoms with Gasteiger partial charge in [0.2, 0.25) is 0 Å². The zero-order valence-electron chi connectivity index (χ0n) is 11.2. The van der Waals surface area contributed by atoms with Crippen molar-refractivity contribution in [2.24, 2.45) is 0 Å². The highest BCUT2D eigenvalue weighted by molar-refractivity contribution is 7.98. The minimum Gasteiger partial charge on any atom is -0.216 e. The molecule has 102 valence electrons. The Morgan fingerprint density at radius 1 is 1.25 bits per heavy atom. The predicted molar refractivity (Wildman–Crippen MR) is 81.6 cm³/mol. The van der Waals surface area contributed by atoms with E-state index in [-0.39, 0.29) is 0 Å². The van der Waals surface area contributed by atoms with Crippen molar-refractivity contribution >= 4 is 29.1 Å². The summed E-state index contributed by atoms with van der Waals surface area (Å²) in [6, 6.07) is 8.47. The molecule has 0 saturated carbocycles. The van der Waals surface area contributed by atoms with Gasteiger partial charge >= 0.3 is 0 Å². The topological polar surface area (TPSA) is 43.1 Å². The Balaban J connectivity index is 2.00. The summed E-state index contributed by atoms with van der Waals surface area (Å²) in [6.07, 6.45) is 4.27. The van der Waals surface area contributed by atoms with Gasteiger partial charge in [-0.25, -0.2) is 4.98 Å². The number of aromatic nitrogens is 4. The number of aryl methyl sites for hydroxylation is 1. The monoisotopic (exact) mass is 304 g/mol. The van der Waals surface area contributed by atoms with Crippen LogP contribution in [0, 0.1) is 6.92 Å². The van der Waals surface area contributed by atoms with Gasteiger partial charge in [-0.05, 0) is 30.9 Å². The molecular formula is C14H13ClN4S. The summed E-state index contributed by atoms with van der Waals surface area (Å²) in [6.45, 7) is 1.95. The van der Waals surface area contributed by atoms with Gasteiger partial charge in [0, 0.05) is 22.6 Å². The van der Waals surface area contributed by atoms with Crippen molar-refractivity contribution in [2.45, 2.75) is 18.2 Å². The maximum atomic E-state index is 6.41. The molecule has 0 aliphatic heterocycles. The summed E-state index contributed by atoms with van der Waals surface area (Å²) in [5.74, 6) is 0.536. The molecule has 6 heteroatoms. The van der Waals surface area contributed by atoms with Gasteiger partial charge in [-0.3, -0.25) is 0 Å². The molecule has 0 radical (unpaired) electrons. The molecule has 3 rings (SSSR count). The van der Waals surface area contributed by atoms with Crippen molar-refractivity contribution in [1.82, 2.24) is 19.6 Å². The van der Waals surface area contributed by atoms with Crippen molar-refractivity contribution in [3.63, 3.8) is 0 Å². The maximum absolute atomic E-state index is 6.41. The number of rotatable bonds is 3. The number of hydrogen-bond acceptors (Lipinski definition) is 4. The van der Waals surface area contributed by atoms with E-state index in [1.54, 1.807) is 16.3 Å². The Bertz CT molecular complexity index is 752. The Hall–Kier alpha value is -1.59. The lowest BCUT2D eigenvalue weighted by Gasteiger charge is -2.09. The van der Waals surface area contributed by atoms with Gasteiger partial charge in [-0.2, -0.15) is 14.6 Å². The van der Waals surface area contributed by atoms with Gasteiger partial charge in [0.1, 0.15) is 11.5 Å². The Morgan fingerprint density at radius 3 is 2.70 bits per heavy atom. The molecule has 4 nitrogen and oxygen atoms in total. The summed E-state index contributed by atoms with van der Waals surface area (Å²) in [7, 11) is 0. The van der Waals surface area contributed by atoms with E-state index in [0.29, 0.717) is 10.9 Å². The fraction of sp³-hybridized carbons (Fsp3) is 0.214. The van der Waals surface area contributed by atoms with Gasteiger partial charge in [0.25, 0.3) is 5.78 Å². The van der Waals surface area contributed by atoms with Gasteiger partial charge in [0.05, 0.1) is 0 Å². The summed E-state index contributed by atoms with van der Waals surface area (Å²) in [5.41, 5.74) is 3.08. The molecule has 0 bridgehead atoms. The molecule has 0 aliphatic rings. The molecule has 1 aromatic carbocycles. The van der Waals surface area contributed by atoms with Crippen LogP contribution >= 0.6 is 23.4 Å². The first-order chi connectivity index (χ1) is 9.69. The number of thioether (sulfide) groups is 1. The summed E-state index contributed by atoms with van der Waals surface area (Å²) < 4.78 is 1.57. The summed E-state index contributed by atoms with van der Waals surface area (Å²) in [5, 5.41) is 4.68. The highest BCUT2D eigenvalue weighted by Gasteiger charge is 2.12. The average Bonchev–Trinajstić information content (AvgIpc) is 2.92. The van der Waals surface area contributed by atoms with Gasteiger partial charge in [-0.1, -0.05) is 23.7 Å². The van der Waals surface area contributed by atoms with Crippen LogP contribution in [0.1, 0.15) is 16.8 Å². The van der Waals surface area contributed by atoms with Crippen LogP contribution in [0.4, 0.5) is 0 Å².